The molecule has 0 aromatic carbocycles. The van der Waals surface area contributed by atoms with E-state index in [4.69, 9.17) is 0 Å². The maximum Gasteiger partial charge on any atom is 0.246 e. The van der Waals surface area contributed by atoms with E-state index in [0.717, 1.165) is 51.1 Å². The number of amides is 1. The molecule has 3 rings (SSSR count). The minimum atomic E-state index is -0.0991. The number of rotatable bonds is 5. The van der Waals surface area contributed by atoms with Crippen LogP contribution in [0.5, 0.6) is 0 Å². The van der Waals surface area contributed by atoms with E-state index in [0.29, 0.717) is 12.1 Å². The fourth-order valence-corrected chi connectivity index (χ4v) is 5.21. The lowest BCUT2D eigenvalue weighted by Gasteiger charge is -2.46. The molecule has 3 fully saturated rings. The fourth-order valence-electron chi connectivity index (χ4n) is 5.21. The zero-order valence-electron chi connectivity index (χ0n) is 15.7. The summed E-state index contributed by atoms with van der Waals surface area (Å²) in [5.41, 5.74) is 0. The smallest absolute Gasteiger partial charge is 0.246 e. The summed E-state index contributed by atoms with van der Waals surface area (Å²) in [6.07, 6.45) is 14.7. The number of carbonyl (C=O) groups excluding carboxylic acids is 1. The van der Waals surface area contributed by atoms with Crippen molar-refractivity contribution in [1.82, 2.24) is 9.80 Å². The highest BCUT2D eigenvalue weighted by Crippen LogP contribution is 2.32. The highest BCUT2D eigenvalue weighted by molar-refractivity contribution is 5.87. The number of nitrogens with zero attached hydrogens (tertiary/aromatic N) is 2. The third-order valence-electron chi connectivity index (χ3n) is 6.68. The highest BCUT2D eigenvalue weighted by Gasteiger charge is 2.34. The molecule has 0 aromatic rings. The summed E-state index contributed by atoms with van der Waals surface area (Å²) < 4.78 is 0. The van der Waals surface area contributed by atoms with Gasteiger partial charge < -0.3 is 10.0 Å². The molecule has 2 saturated carbocycles. The van der Waals surface area contributed by atoms with Crippen molar-refractivity contribution in [2.75, 3.05) is 19.6 Å². The maximum absolute atomic E-state index is 12.1. The minimum absolute atomic E-state index is 0.0846. The second kappa shape index (κ2) is 9.18. The average molecular weight is 349 g/mol. The minimum Gasteiger partial charge on any atom is -0.393 e. The van der Waals surface area contributed by atoms with Crippen molar-refractivity contribution in [2.45, 2.75) is 88.8 Å². The Morgan fingerprint density at radius 2 is 1.72 bits per heavy atom. The van der Waals surface area contributed by atoms with E-state index < -0.39 is 0 Å². The van der Waals surface area contributed by atoms with Gasteiger partial charge in [-0.1, -0.05) is 25.8 Å². The first-order chi connectivity index (χ1) is 12.2. The Kier molecular flexibility index (Phi) is 6.94. The summed E-state index contributed by atoms with van der Waals surface area (Å²) in [7, 11) is 0. The number of aliphatic hydroxyl groups is 1. The standard InChI is InChI=1S/C21H36N2O2/c1-2-21(25)22-14-6-9-19(16-22)23(15-17-7-4-3-5-8-17)18-10-12-20(24)13-11-18/h2,17-20,24H,1,3-16H2. The molecule has 2 aliphatic carbocycles. The molecule has 1 unspecified atom stereocenters. The summed E-state index contributed by atoms with van der Waals surface area (Å²) >= 11 is 0. The Balaban J connectivity index is 1.67. The fraction of sp³-hybridized carbons (Fsp3) is 0.857. The first kappa shape index (κ1) is 18.9. The van der Waals surface area contributed by atoms with Crippen LogP contribution in [0, 0.1) is 5.92 Å². The van der Waals surface area contributed by atoms with Gasteiger partial charge in [-0.2, -0.15) is 0 Å². The van der Waals surface area contributed by atoms with Crippen molar-refractivity contribution in [1.29, 1.82) is 0 Å². The van der Waals surface area contributed by atoms with Crippen LogP contribution in [0.15, 0.2) is 12.7 Å². The van der Waals surface area contributed by atoms with Crippen LogP contribution in [0.1, 0.15) is 70.6 Å². The van der Waals surface area contributed by atoms with Crippen molar-refractivity contribution >= 4 is 5.91 Å². The zero-order valence-corrected chi connectivity index (χ0v) is 15.7. The molecule has 4 nitrogen and oxygen atoms in total. The van der Waals surface area contributed by atoms with Crippen molar-refractivity contribution in [3.8, 4) is 0 Å². The van der Waals surface area contributed by atoms with Gasteiger partial charge in [0.2, 0.25) is 5.91 Å². The number of aliphatic hydroxyl groups excluding tert-OH is 1. The van der Waals surface area contributed by atoms with Gasteiger partial charge >= 0.3 is 0 Å². The van der Waals surface area contributed by atoms with Crippen LogP contribution >= 0.6 is 0 Å². The van der Waals surface area contributed by atoms with Gasteiger partial charge in [-0.25, -0.2) is 0 Å². The normalized spacial score (nSPS) is 31.9. The molecular formula is C21H36N2O2. The molecule has 1 amide bonds. The topological polar surface area (TPSA) is 43.8 Å². The van der Waals surface area contributed by atoms with Crippen molar-refractivity contribution in [2.24, 2.45) is 5.92 Å². The number of hydrogen-bond acceptors (Lipinski definition) is 3. The average Bonchev–Trinajstić information content (AvgIpc) is 2.67. The van der Waals surface area contributed by atoms with Gasteiger partial charge in [-0.3, -0.25) is 9.69 Å². The maximum atomic E-state index is 12.1. The van der Waals surface area contributed by atoms with Gasteiger partial charge in [0.1, 0.15) is 0 Å². The first-order valence-electron chi connectivity index (χ1n) is 10.5. The Morgan fingerprint density at radius 3 is 2.40 bits per heavy atom. The zero-order chi connectivity index (χ0) is 17.6. The molecule has 4 heteroatoms. The van der Waals surface area contributed by atoms with E-state index in [2.05, 4.69) is 11.5 Å². The summed E-state index contributed by atoms with van der Waals surface area (Å²) in [6, 6.07) is 1.08. The largest absolute Gasteiger partial charge is 0.393 e. The SMILES string of the molecule is C=CC(=O)N1CCCC(N(CC2CCCCC2)C2CCC(O)CC2)C1. The Morgan fingerprint density at radius 1 is 1.00 bits per heavy atom. The molecule has 0 bridgehead atoms. The van der Waals surface area contributed by atoms with Crippen LogP contribution in [0.4, 0.5) is 0 Å². The van der Waals surface area contributed by atoms with Crippen LogP contribution in [0.2, 0.25) is 0 Å². The van der Waals surface area contributed by atoms with Gasteiger partial charge in [0.15, 0.2) is 0 Å². The third kappa shape index (κ3) is 5.07. The molecule has 0 spiro atoms. The Hall–Kier alpha value is -0.870. The van der Waals surface area contributed by atoms with Crippen molar-refractivity contribution in [3.63, 3.8) is 0 Å². The molecule has 3 aliphatic rings. The summed E-state index contributed by atoms with van der Waals surface area (Å²) in [5.74, 6) is 0.910. The van der Waals surface area contributed by atoms with Gasteiger partial charge in [-0.15, -0.1) is 0 Å². The number of piperidine rings is 1. The molecule has 1 saturated heterocycles. The molecule has 25 heavy (non-hydrogen) atoms. The van der Waals surface area contributed by atoms with Crippen LogP contribution in [-0.4, -0.2) is 58.6 Å². The number of carbonyl (C=O) groups is 1. The second-order valence-corrected chi connectivity index (χ2v) is 8.45. The Bertz CT molecular complexity index is 439. The van der Waals surface area contributed by atoms with Crippen LogP contribution in [-0.2, 0) is 4.79 Å². The van der Waals surface area contributed by atoms with Crippen molar-refractivity contribution < 1.29 is 9.90 Å². The third-order valence-corrected chi connectivity index (χ3v) is 6.68. The highest BCUT2D eigenvalue weighted by atomic mass is 16.3. The van der Waals surface area contributed by atoms with E-state index in [9.17, 15) is 9.90 Å². The van der Waals surface area contributed by atoms with Crippen molar-refractivity contribution in [3.05, 3.63) is 12.7 Å². The van der Waals surface area contributed by atoms with E-state index in [-0.39, 0.29) is 12.0 Å². The monoisotopic (exact) mass is 348 g/mol. The molecule has 1 atom stereocenters. The molecule has 142 valence electrons. The molecule has 0 aromatic heterocycles. The molecule has 0 radical (unpaired) electrons. The van der Waals surface area contributed by atoms with Gasteiger partial charge in [0.25, 0.3) is 0 Å². The molecule has 1 N–H and O–H groups in total. The predicted octanol–water partition coefficient (Wildman–Crippen LogP) is 3.35. The lowest BCUT2D eigenvalue weighted by molar-refractivity contribution is -0.128. The van der Waals surface area contributed by atoms with E-state index in [1.807, 2.05) is 4.90 Å². The number of hydrogen-bond donors (Lipinski definition) is 1. The second-order valence-electron chi connectivity index (χ2n) is 8.45. The summed E-state index contributed by atoms with van der Waals surface area (Å²) in [4.78, 5) is 16.8. The lowest BCUT2D eigenvalue weighted by Crippen LogP contribution is -2.54. The van der Waals surface area contributed by atoms with Crippen LogP contribution in [0.25, 0.3) is 0 Å². The molecular weight excluding hydrogens is 312 g/mol. The van der Waals surface area contributed by atoms with E-state index in [1.54, 1.807) is 0 Å². The van der Waals surface area contributed by atoms with Crippen LogP contribution < -0.4 is 0 Å². The quantitative estimate of drug-likeness (QED) is 0.775. The van der Waals surface area contributed by atoms with Crippen LogP contribution in [0.3, 0.4) is 0 Å². The van der Waals surface area contributed by atoms with Gasteiger partial charge in [-0.05, 0) is 63.4 Å². The van der Waals surface area contributed by atoms with Gasteiger partial charge in [0.05, 0.1) is 6.10 Å². The summed E-state index contributed by atoms with van der Waals surface area (Å²) in [6.45, 7) is 6.60. The summed E-state index contributed by atoms with van der Waals surface area (Å²) in [5, 5.41) is 9.90. The van der Waals surface area contributed by atoms with E-state index in [1.165, 1.54) is 51.1 Å². The van der Waals surface area contributed by atoms with Gasteiger partial charge in [0, 0.05) is 31.7 Å². The Labute approximate surface area is 153 Å². The van der Waals surface area contributed by atoms with E-state index >= 15 is 0 Å². The first-order valence-corrected chi connectivity index (χ1v) is 10.5. The lowest BCUT2D eigenvalue weighted by atomic mass is 9.85. The molecule has 1 aliphatic heterocycles. The number of likely N-dealkylation sites (tertiary alicyclic amines) is 1. The predicted molar refractivity (Wildman–Crippen MR) is 101 cm³/mol. The molecule has 1 heterocycles.